The van der Waals surface area contributed by atoms with Crippen molar-refractivity contribution >= 4 is 6.03 Å². The molecule has 0 spiro atoms. The van der Waals surface area contributed by atoms with Crippen molar-refractivity contribution in [2.24, 2.45) is 0 Å². The lowest BCUT2D eigenvalue weighted by molar-refractivity contribution is -0.154. The Labute approximate surface area is 141 Å². The van der Waals surface area contributed by atoms with Crippen LogP contribution in [0, 0.1) is 6.92 Å². The number of carbonyl (C=O) groups excluding carboxylic acids is 1. The molecule has 2 amide bonds. The van der Waals surface area contributed by atoms with Crippen LogP contribution in [0.25, 0.3) is 0 Å². The monoisotopic (exact) mass is 358 g/mol. The maximum Gasteiger partial charge on any atom is 0.422 e. The largest absolute Gasteiger partial charge is 0.468 e. The molecule has 0 aromatic carbocycles. The molecule has 2 aromatic rings. The first-order chi connectivity index (χ1) is 11.7. The smallest absolute Gasteiger partial charge is 0.422 e. The van der Waals surface area contributed by atoms with Crippen LogP contribution in [0.5, 0.6) is 5.88 Å². The Morgan fingerprint density at radius 2 is 2.16 bits per heavy atom. The highest BCUT2D eigenvalue weighted by Crippen LogP contribution is 2.17. The van der Waals surface area contributed by atoms with Crippen molar-refractivity contribution < 1.29 is 27.2 Å². The van der Waals surface area contributed by atoms with E-state index in [0.717, 1.165) is 0 Å². The van der Waals surface area contributed by atoms with Gasteiger partial charge in [0.05, 0.1) is 6.54 Å². The molecule has 0 saturated heterocycles. The van der Waals surface area contributed by atoms with E-state index >= 15 is 0 Å². The Hall–Kier alpha value is -2.78. The lowest BCUT2D eigenvalue weighted by atomic mass is 10.3. The van der Waals surface area contributed by atoms with Gasteiger partial charge in [-0.05, 0) is 12.5 Å². The van der Waals surface area contributed by atoms with Crippen LogP contribution in [-0.4, -0.2) is 40.9 Å². The van der Waals surface area contributed by atoms with Crippen LogP contribution in [0.1, 0.15) is 17.0 Å². The zero-order valence-corrected chi connectivity index (χ0v) is 13.6. The Morgan fingerprint density at radius 1 is 1.40 bits per heavy atom. The summed E-state index contributed by atoms with van der Waals surface area (Å²) in [6.07, 6.45) is -3.08. The molecule has 0 aliphatic rings. The quantitative estimate of drug-likeness (QED) is 0.859. The average Bonchev–Trinajstić information content (AvgIpc) is 2.95. The number of hydrogen-bond donors (Lipinski definition) is 1. The summed E-state index contributed by atoms with van der Waals surface area (Å²) in [4.78, 5) is 17.2. The van der Waals surface area contributed by atoms with Gasteiger partial charge in [-0.3, -0.25) is 0 Å². The number of hydrogen-bond acceptors (Lipinski definition) is 5. The molecule has 0 bridgehead atoms. The fourth-order valence-electron chi connectivity index (χ4n) is 1.88. The number of aromatic nitrogens is 2. The van der Waals surface area contributed by atoms with E-state index in [0.29, 0.717) is 17.0 Å². The maximum absolute atomic E-state index is 12.0. The van der Waals surface area contributed by atoms with E-state index < -0.39 is 12.8 Å². The SMILES string of the molecule is Cc1cc(CN(C)C(=O)NCc2ccc(OCC(F)(F)F)nc2)no1. The number of ether oxygens (including phenoxy) is 1. The van der Waals surface area contributed by atoms with Gasteiger partial charge in [0, 0.05) is 31.9 Å². The number of aryl methyl sites for hydroxylation is 1. The molecular formula is C15H17F3N4O3. The van der Waals surface area contributed by atoms with Crippen molar-refractivity contribution in [2.75, 3.05) is 13.7 Å². The van der Waals surface area contributed by atoms with E-state index in [4.69, 9.17) is 4.52 Å². The second-order valence-electron chi connectivity index (χ2n) is 5.35. The van der Waals surface area contributed by atoms with Gasteiger partial charge in [-0.15, -0.1) is 0 Å². The predicted molar refractivity (Wildman–Crippen MR) is 80.7 cm³/mol. The van der Waals surface area contributed by atoms with Crippen LogP contribution in [0.2, 0.25) is 0 Å². The molecule has 0 aliphatic heterocycles. The molecule has 2 rings (SSSR count). The van der Waals surface area contributed by atoms with E-state index in [9.17, 15) is 18.0 Å². The highest BCUT2D eigenvalue weighted by atomic mass is 19.4. The van der Waals surface area contributed by atoms with Gasteiger partial charge in [-0.25, -0.2) is 9.78 Å². The van der Waals surface area contributed by atoms with Gasteiger partial charge in [0.2, 0.25) is 5.88 Å². The summed E-state index contributed by atoms with van der Waals surface area (Å²) in [6.45, 7) is 0.813. The van der Waals surface area contributed by atoms with Crippen LogP contribution in [0.4, 0.5) is 18.0 Å². The van der Waals surface area contributed by atoms with Gasteiger partial charge < -0.3 is 19.5 Å². The summed E-state index contributed by atoms with van der Waals surface area (Å²) in [7, 11) is 1.60. The van der Waals surface area contributed by atoms with Crippen LogP contribution < -0.4 is 10.1 Å². The molecular weight excluding hydrogens is 341 g/mol. The fraction of sp³-hybridized carbons (Fsp3) is 0.400. The van der Waals surface area contributed by atoms with Crippen LogP contribution in [0.3, 0.4) is 0 Å². The molecule has 2 heterocycles. The standard InChI is InChI=1S/C15H17F3N4O3/c1-10-5-12(21-25-10)8-22(2)14(23)20-7-11-3-4-13(19-6-11)24-9-15(16,17)18/h3-6H,7-9H2,1-2H3,(H,20,23). The van der Waals surface area contributed by atoms with Crippen LogP contribution in [-0.2, 0) is 13.1 Å². The second kappa shape index (κ2) is 7.86. The molecule has 10 heteroatoms. The van der Waals surface area contributed by atoms with Gasteiger partial charge in [-0.1, -0.05) is 11.2 Å². The Balaban J connectivity index is 1.79. The highest BCUT2D eigenvalue weighted by Gasteiger charge is 2.28. The summed E-state index contributed by atoms with van der Waals surface area (Å²) in [5, 5.41) is 6.47. The van der Waals surface area contributed by atoms with E-state index in [2.05, 4.69) is 20.2 Å². The number of pyridine rings is 1. The second-order valence-corrected chi connectivity index (χ2v) is 5.35. The minimum atomic E-state index is -4.42. The topological polar surface area (TPSA) is 80.5 Å². The van der Waals surface area contributed by atoms with Gasteiger partial charge in [0.1, 0.15) is 11.5 Å². The van der Waals surface area contributed by atoms with Crippen molar-refractivity contribution in [1.82, 2.24) is 20.4 Å². The molecule has 0 atom stereocenters. The van der Waals surface area contributed by atoms with Gasteiger partial charge in [-0.2, -0.15) is 13.2 Å². The third-order valence-electron chi connectivity index (χ3n) is 3.05. The number of rotatable bonds is 6. The number of halogens is 3. The Morgan fingerprint density at radius 3 is 2.72 bits per heavy atom. The first kappa shape index (κ1) is 18.6. The minimum absolute atomic E-state index is 0.133. The number of amides is 2. The van der Waals surface area contributed by atoms with E-state index in [1.807, 2.05) is 0 Å². The normalized spacial score (nSPS) is 11.2. The summed E-state index contributed by atoms with van der Waals surface area (Å²) < 4.78 is 45.6. The highest BCUT2D eigenvalue weighted by molar-refractivity contribution is 5.73. The number of urea groups is 1. The van der Waals surface area contributed by atoms with Crippen molar-refractivity contribution in [3.8, 4) is 5.88 Å². The van der Waals surface area contributed by atoms with Gasteiger partial charge in [0.15, 0.2) is 6.61 Å². The number of carbonyl (C=O) groups is 1. The molecule has 0 unspecified atom stereocenters. The molecule has 25 heavy (non-hydrogen) atoms. The van der Waals surface area contributed by atoms with Gasteiger partial charge in [0.25, 0.3) is 0 Å². The Bertz CT molecular complexity index is 701. The Kier molecular flexibility index (Phi) is 5.84. The average molecular weight is 358 g/mol. The minimum Gasteiger partial charge on any atom is -0.468 e. The molecule has 0 fully saturated rings. The third-order valence-corrected chi connectivity index (χ3v) is 3.05. The third kappa shape index (κ3) is 6.32. The molecule has 7 nitrogen and oxygen atoms in total. The van der Waals surface area contributed by atoms with E-state index in [1.165, 1.54) is 23.2 Å². The van der Waals surface area contributed by atoms with Gasteiger partial charge >= 0.3 is 12.2 Å². The zero-order valence-electron chi connectivity index (χ0n) is 13.6. The fourth-order valence-corrected chi connectivity index (χ4v) is 1.88. The van der Waals surface area contributed by atoms with Crippen molar-refractivity contribution in [3.05, 3.63) is 41.4 Å². The molecule has 2 aromatic heterocycles. The summed E-state index contributed by atoms with van der Waals surface area (Å²) in [6, 6.07) is 4.24. The molecule has 0 radical (unpaired) electrons. The molecule has 0 saturated carbocycles. The predicted octanol–water partition coefficient (Wildman–Crippen LogP) is 2.66. The van der Waals surface area contributed by atoms with Crippen molar-refractivity contribution in [3.63, 3.8) is 0 Å². The van der Waals surface area contributed by atoms with Crippen LogP contribution in [0.15, 0.2) is 28.9 Å². The number of nitrogens with one attached hydrogen (secondary N) is 1. The molecule has 1 N–H and O–H groups in total. The maximum atomic E-state index is 12.0. The lowest BCUT2D eigenvalue weighted by Crippen LogP contribution is -2.36. The zero-order chi connectivity index (χ0) is 18.4. The molecule has 0 aliphatic carbocycles. The van der Waals surface area contributed by atoms with Crippen molar-refractivity contribution in [1.29, 1.82) is 0 Å². The van der Waals surface area contributed by atoms with Crippen molar-refractivity contribution in [2.45, 2.75) is 26.2 Å². The van der Waals surface area contributed by atoms with E-state index in [1.54, 1.807) is 20.0 Å². The first-order valence-corrected chi connectivity index (χ1v) is 7.28. The number of alkyl halides is 3. The number of nitrogens with zero attached hydrogens (tertiary/aromatic N) is 3. The van der Waals surface area contributed by atoms with E-state index in [-0.39, 0.29) is 25.0 Å². The summed E-state index contributed by atoms with van der Waals surface area (Å²) in [5.74, 6) is 0.522. The first-order valence-electron chi connectivity index (χ1n) is 7.28. The summed E-state index contributed by atoms with van der Waals surface area (Å²) in [5.41, 5.74) is 1.25. The molecule has 136 valence electrons. The lowest BCUT2D eigenvalue weighted by Gasteiger charge is -2.16. The van der Waals surface area contributed by atoms with Crippen LogP contribution >= 0.6 is 0 Å². The summed E-state index contributed by atoms with van der Waals surface area (Å²) >= 11 is 0.